The number of carbonyl (C=O) groups excluding carboxylic acids is 3. The molecule has 28 heavy (non-hydrogen) atoms. The summed E-state index contributed by atoms with van der Waals surface area (Å²) in [5.74, 6) is -0.715. The smallest absolute Gasteiger partial charge is 0.279 e. The highest BCUT2D eigenvalue weighted by molar-refractivity contribution is 7.14. The minimum Gasteiger partial charge on any atom is -0.312 e. The zero-order chi connectivity index (χ0) is 19.5. The highest BCUT2D eigenvalue weighted by Gasteiger charge is 2.26. The van der Waals surface area contributed by atoms with Gasteiger partial charge in [-0.2, -0.15) is 0 Å². The number of nitrogens with zero attached hydrogens (tertiary/aromatic N) is 1. The van der Waals surface area contributed by atoms with Crippen LogP contribution >= 0.6 is 11.3 Å². The van der Waals surface area contributed by atoms with Crippen molar-refractivity contribution < 1.29 is 14.4 Å². The van der Waals surface area contributed by atoms with E-state index in [0.29, 0.717) is 29.1 Å². The molecule has 1 fully saturated rings. The summed E-state index contributed by atoms with van der Waals surface area (Å²) in [6, 6.07) is 8.92. The van der Waals surface area contributed by atoms with E-state index < -0.39 is 5.91 Å². The number of amides is 3. The predicted molar refractivity (Wildman–Crippen MR) is 109 cm³/mol. The molecule has 0 saturated carbocycles. The van der Waals surface area contributed by atoms with Gasteiger partial charge in [0.1, 0.15) is 0 Å². The van der Waals surface area contributed by atoms with E-state index in [0.717, 1.165) is 32.1 Å². The van der Waals surface area contributed by atoms with Gasteiger partial charge < -0.3 is 4.90 Å². The van der Waals surface area contributed by atoms with Crippen LogP contribution in [0, 0.1) is 0 Å². The molecule has 1 aromatic heterocycles. The van der Waals surface area contributed by atoms with Crippen molar-refractivity contribution in [2.24, 2.45) is 0 Å². The highest BCUT2D eigenvalue weighted by atomic mass is 32.1. The molecular weight excluding hydrogens is 374 g/mol. The molecule has 2 N–H and O–H groups in total. The molecule has 3 amide bonds. The van der Waals surface area contributed by atoms with Gasteiger partial charge in [-0.25, -0.2) is 0 Å². The Kier molecular flexibility index (Phi) is 5.43. The lowest BCUT2D eigenvalue weighted by Gasteiger charge is -2.19. The normalized spacial score (nSPS) is 16.4. The third-order valence-electron chi connectivity index (χ3n) is 5.27. The monoisotopic (exact) mass is 397 g/mol. The van der Waals surface area contributed by atoms with Gasteiger partial charge in [0.15, 0.2) is 0 Å². The average molecular weight is 398 g/mol. The third-order valence-corrected chi connectivity index (χ3v) is 6.51. The fourth-order valence-electron chi connectivity index (χ4n) is 3.83. The number of aryl methyl sites for hydroxylation is 2. The first-order valence-electron chi connectivity index (χ1n) is 9.75. The molecule has 1 aliphatic carbocycles. The molecule has 4 rings (SSSR count). The van der Waals surface area contributed by atoms with Crippen molar-refractivity contribution in [3.63, 3.8) is 0 Å². The van der Waals surface area contributed by atoms with E-state index in [1.54, 1.807) is 29.2 Å². The second kappa shape index (κ2) is 8.14. The maximum absolute atomic E-state index is 12.6. The number of hydrazine groups is 1. The van der Waals surface area contributed by atoms with E-state index in [1.807, 2.05) is 6.07 Å². The number of thiophene rings is 1. The maximum atomic E-state index is 12.6. The van der Waals surface area contributed by atoms with Gasteiger partial charge in [-0.1, -0.05) is 18.6 Å². The van der Waals surface area contributed by atoms with Crippen LogP contribution in [-0.4, -0.2) is 24.3 Å². The van der Waals surface area contributed by atoms with E-state index in [-0.39, 0.29) is 11.8 Å². The third kappa shape index (κ3) is 3.80. The molecule has 7 heteroatoms. The first-order chi connectivity index (χ1) is 13.6. The van der Waals surface area contributed by atoms with Gasteiger partial charge in [0.05, 0.1) is 16.1 Å². The Balaban J connectivity index is 1.44. The lowest BCUT2D eigenvalue weighted by molar-refractivity contribution is -0.117. The number of anilines is 1. The van der Waals surface area contributed by atoms with Gasteiger partial charge in [-0.15, -0.1) is 11.3 Å². The van der Waals surface area contributed by atoms with Crippen LogP contribution < -0.4 is 15.8 Å². The minimum atomic E-state index is -0.429. The molecule has 146 valence electrons. The molecule has 2 aromatic rings. The zero-order valence-electron chi connectivity index (χ0n) is 15.6. The first kappa shape index (κ1) is 18.7. The second-order valence-electron chi connectivity index (χ2n) is 7.19. The van der Waals surface area contributed by atoms with Gasteiger partial charge in [-0.3, -0.25) is 25.2 Å². The standard InChI is InChI=1S/C21H23N3O3S/c25-19-11-6-12-24(19)16-9-5-4-8-15(16)20(26)22-23-21(27)18-13-14-7-2-1-3-10-17(14)28-18/h4-5,8-9,13H,1-3,6-7,10-12H2,(H,22,26)(H,23,27). The Morgan fingerprint density at radius 2 is 1.71 bits per heavy atom. The fourth-order valence-corrected chi connectivity index (χ4v) is 4.97. The number of hydrogen-bond acceptors (Lipinski definition) is 4. The van der Waals surface area contributed by atoms with E-state index >= 15 is 0 Å². The summed E-state index contributed by atoms with van der Waals surface area (Å²) in [5.41, 5.74) is 7.24. The zero-order valence-corrected chi connectivity index (χ0v) is 16.4. The molecule has 6 nitrogen and oxygen atoms in total. The Morgan fingerprint density at radius 1 is 0.929 bits per heavy atom. The number of para-hydroxylation sites is 1. The van der Waals surface area contributed by atoms with Crippen LogP contribution in [0.4, 0.5) is 5.69 Å². The van der Waals surface area contributed by atoms with E-state index in [4.69, 9.17) is 0 Å². The van der Waals surface area contributed by atoms with Crippen molar-refractivity contribution in [2.45, 2.75) is 44.9 Å². The topological polar surface area (TPSA) is 78.5 Å². The molecule has 0 radical (unpaired) electrons. The molecule has 2 aliphatic rings. The van der Waals surface area contributed by atoms with Gasteiger partial charge in [0.2, 0.25) is 5.91 Å². The molecule has 2 heterocycles. The first-order valence-corrected chi connectivity index (χ1v) is 10.6. The van der Waals surface area contributed by atoms with Gasteiger partial charge >= 0.3 is 0 Å². The molecule has 1 saturated heterocycles. The summed E-state index contributed by atoms with van der Waals surface area (Å²) in [4.78, 5) is 40.7. The van der Waals surface area contributed by atoms with Crippen LogP contribution in [0.5, 0.6) is 0 Å². The summed E-state index contributed by atoms with van der Waals surface area (Å²) in [5, 5.41) is 0. The van der Waals surface area contributed by atoms with Crippen molar-refractivity contribution in [3.8, 4) is 0 Å². The number of benzene rings is 1. The van der Waals surface area contributed by atoms with E-state index in [2.05, 4.69) is 10.9 Å². The summed E-state index contributed by atoms with van der Waals surface area (Å²) in [7, 11) is 0. The quantitative estimate of drug-likeness (QED) is 0.617. The van der Waals surface area contributed by atoms with Gasteiger partial charge in [0.25, 0.3) is 11.8 Å². The Labute approximate surface area is 167 Å². The number of rotatable bonds is 3. The highest BCUT2D eigenvalue weighted by Crippen LogP contribution is 2.29. The summed E-state index contributed by atoms with van der Waals surface area (Å²) in [6.07, 6.45) is 6.88. The number of fused-ring (bicyclic) bond motifs is 1. The lowest BCUT2D eigenvalue weighted by atomic mass is 10.1. The molecule has 0 unspecified atom stereocenters. The largest absolute Gasteiger partial charge is 0.312 e. The maximum Gasteiger partial charge on any atom is 0.279 e. The Morgan fingerprint density at radius 3 is 2.54 bits per heavy atom. The Hall–Kier alpha value is -2.67. The molecule has 1 aromatic carbocycles. The minimum absolute atomic E-state index is 0.0179. The molecule has 0 bridgehead atoms. The summed E-state index contributed by atoms with van der Waals surface area (Å²) in [6.45, 7) is 0.607. The van der Waals surface area contributed by atoms with Gasteiger partial charge in [0, 0.05) is 17.8 Å². The average Bonchev–Trinajstić information content (AvgIpc) is 3.26. The molecule has 1 aliphatic heterocycles. The number of nitrogens with one attached hydrogen (secondary N) is 2. The number of carbonyl (C=O) groups is 3. The van der Waals surface area contributed by atoms with Crippen LogP contribution in [-0.2, 0) is 17.6 Å². The summed E-state index contributed by atoms with van der Waals surface area (Å²) >= 11 is 1.51. The fraction of sp³-hybridized carbons (Fsp3) is 0.381. The van der Waals surface area contributed by atoms with Crippen molar-refractivity contribution in [1.29, 1.82) is 0 Å². The predicted octanol–water partition coefficient (Wildman–Crippen LogP) is 3.22. The molecule has 0 atom stereocenters. The SMILES string of the molecule is O=C(NNC(=O)c1ccccc1N1CCCC1=O)c1cc2c(s1)CCCCC2. The van der Waals surface area contributed by atoms with Crippen molar-refractivity contribution in [2.75, 3.05) is 11.4 Å². The second-order valence-corrected chi connectivity index (χ2v) is 8.33. The van der Waals surface area contributed by atoms with Crippen LogP contribution in [0.1, 0.15) is 62.6 Å². The lowest BCUT2D eigenvalue weighted by Crippen LogP contribution is -2.42. The van der Waals surface area contributed by atoms with Gasteiger partial charge in [-0.05, 0) is 55.9 Å². The Bertz CT molecular complexity index is 898. The number of hydrogen-bond donors (Lipinski definition) is 2. The molecule has 0 spiro atoms. The van der Waals surface area contributed by atoms with Crippen LogP contribution in [0.3, 0.4) is 0 Å². The van der Waals surface area contributed by atoms with E-state index in [9.17, 15) is 14.4 Å². The van der Waals surface area contributed by atoms with Crippen molar-refractivity contribution in [3.05, 3.63) is 51.2 Å². The molecular formula is C21H23N3O3S. The summed E-state index contributed by atoms with van der Waals surface area (Å²) < 4.78 is 0. The van der Waals surface area contributed by atoms with Crippen molar-refractivity contribution >= 4 is 34.7 Å². The van der Waals surface area contributed by atoms with E-state index in [1.165, 1.54) is 28.2 Å². The van der Waals surface area contributed by atoms with Crippen molar-refractivity contribution in [1.82, 2.24) is 10.9 Å². The van der Waals surface area contributed by atoms with Crippen LogP contribution in [0.2, 0.25) is 0 Å². The van der Waals surface area contributed by atoms with Crippen LogP contribution in [0.15, 0.2) is 30.3 Å². The van der Waals surface area contributed by atoms with Crippen LogP contribution in [0.25, 0.3) is 0 Å².